The summed E-state index contributed by atoms with van der Waals surface area (Å²) in [5.74, 6) is -0.232. The Kier molecular flexibility index (Phi) is 3.90. The van der Waals surface area contributed by atoms with E-state index in [4.69, 9.17) is 10.5 Å². The van der Waals surface area contributed by atoms with E-state index in [2.05, 4.69) is 0 Å². The van der Waals surface area contributed by atoms with Crippen molar-refractivity contribution in [2.45, 2.75) is 44.6 Å². The SMILES string of the molecule is COC(=O)C1CCCN1C(=O)CC1(CN)CCC1. The van der Waals surface area contributed by atoms with Crippen LogP contribution in [0, 0.1) is 5.41 Å². The smallest absolute Gasteiger partial charge is 0.328 e. The number of esters is 1. The molecule has 5 nitrogen and oxygen atoms in total. The molecule has 1 aliphatic heterocycles. The van der Waals surface area contributed by atoms with Gasteiger partial charge in [0.05, 0.1) is 7.11 Å². The molecule has 2 rings (SSSR count). The Labute approximate surface area is 108 Å². The third kappa shape index (κ3) is 2.36. The van der Waals surface area contributed by atoms with E-state index in [9.17, 15) is 9.59 Å². The lowest BCUT2D eigenvalue weighted by Gasteiger charge is -2.41. The molecule has 0 aromatic carbocycles. The Morgan fingerprint density at radius 3 is 2.61 bits per heavy atom. The molecule has 0 aromatic rings. The molecule has 2 aliphatic rings. The monoisotopic (exact) mass is 254 g/mol. The van der Waals surface area contributed by atoms with Crippen LogP contribution in [0.1, 0.15) is 38.5 Å². The van der Waals surface area contributed by atoms with Gasteiger partial charge in [-0.1, -0.05) is 6.42 Å². The second-order valence-electron chi connectivity index (χ2n) is 5.50. The highest BCUT2D eigenvalue weighted by molar-refractivity contribution is 5.85. The first-order valence-electron chi connectivity index (χ1n) is 6.69. The van der Waals surface area contributed by atoms with Crippen molar-refractivity contribution in [3.05, 3.63) is 0 Å². The minimum absolute atomic E-state index is 0.000340. The Morgan fingerprint density at radius 1 is 1.39 bits per heavy atom. The molecule has 1 unspecified atom stereocenters. The van der Waals surface area contributed by atoms with Crippen LogP contribution in [0.5, 0.6) is 0 Å². The summed E-state index contributed by atoms with van der Waals surface area (Å²) in [6.07, 6.45) is 5.30. The number of carbonyl (C=O) groups is 2. The van der Waals surface area contributed by atoms with Crippen LogP contribution in [-0.4, -0.2) is 43.0 Å². The molecule has 5 heteroatoms. The van der Waals surface area contributed by atoms with Gasteiger partial charge in [0.25, 0.3) is 0 Å². The molecule has 0 radical (unpaired) electrons. The average Bonchev–Trinajstić information content (AvgIpc) is 2.81. The summed E-state index contributed by atoms with van der Waals surface area (Å²) in [5.41, 5.74) is 5.77. The molecule has 2 fully saturated rings. The van der Waals surface area contributed by atoms with Gasteiger partial charge in [0.15, 0.2) is 0 Å². The topological polar surface area (TPSA) is 72.6 Å². The van der Waals surface area contributed by atoms with E-state index in [1.54, 1.807) is 4.90 Å². The molecule has 1 amide bonds. The van der Waals surface area contributed by atoms with Crippen LogP contribution in [-0.2, 0) is 14.3 Å². The number of carbonyl (C=O) groups excluding carboxylic acids is 2. The maximum absolute atomic E-state index is 12.3. The van der Waals surface area contributed by atoms with Crippen molar-refractivity contribution in [2.75, 3.05) is 20.2 Å². The lowest BCUT2D eigenvalue weighted by molar-refractivity contribution is -0.152. The number of methoxy groups -OCH3 is 1. The zero-order chi connectivity index (χ0) is 13.2. The van der Waals surface area contributed by atoms with Gasteiger partial charge in [-0.3, -0.25) is 4.79 Å². The number of hydrogen-bond donors (Lipinski definition) is 1. The predicted octanol–water partition coefficient (Wildman–Crippen LogP) is 0.669. The second kappa shape index (κ2) is 5.26. The number of hydrogen-bond acceptors (Lipinski definition) is 4. The van der Waals surface area contributed by atoms with E-state index < -0.39 is 0 Å². The minimum Gasteiger partial charge on any atom is -0.467 e. The van der Waals surface area contributed by atoms with Crippen molar-refractivity contribution in [1.29, 1.82) is 0 Å². The Bertz CT molecular complexity index is 334. The molecule has 1 aliphatic carbocycles. The summed E-state index contributed by atoms with van der Waals surface area (Å²) in [5, 5.41) is 0. The first-order chi connectivity index (χ1) is 8.62. The molecule has 1 saturated heterocycles. The molecule has 1 saturated carbocycles. The third-order valence-corrected chi connectivity index (χ3v) is 4.42. The summed E-state index contributed by atoms with van der Waals surface area (Å²) >= 11 is 0. The number of nitrogens with zero attached hydrogens (tertiary/aromatic N) is 1. The van der Waals surface area contributed by atoms with Crippen LogP contribution in [0.2, 0.25) is 0 Å². The molecule has 0 spiro atoms. The molecule has 1 heterocycles. The average molecular weight is 254 g/mol. The molecule has 0 bridgehead atoms. The van der Waals surface area contributed by atoms with Gasteiger partial charge in [-0.2, -0.15) is 0 Å². The maximum atomic E-state index is 12.3. The highest BCUT2D eigenvalue weighted by Crippen LogP contribution is 2.43. The van der Waals surface area contributed by atoms with E-state index >= 15 is 0 Å². The van der Waals surface area contributed by atoms with Crippen LogP contribution >= 0.6 is 0 Å². The normalized spacial score (nSPS) is 25.7. The molecule has 1 atom stereocenters. The number of rotatable bonds is 4. The summed E-state index contributed by atoms with van der Waals surface area (Å²) in [6, 6.07) is -0.377. The van der Waals surface area contributed by atoms with Gasteiger partial charge in [0.1, 0.15) is 6.04 Å². The van der Waals surface area contributed by atoms with E-state index in [0.29, 0.717) is 25.9 Å². The van der Waals surface area contributed by atoms with E-state index in [-0.39, 0.29) is 23.3 Å². The van der Waals surface area contributed by atoms with Gasteiger partial charge >= 0.3 is 5.97 Å². The molecule has 2 N–H and O–H groups in total. The standard InChI is InChI=1S/C13H22N2O3/c1-18-12(17)10-4-2-7-15(10)11(16)8-13(9-14)5-3-6-13/h10H,2-9,14H2,1H3. The fraction of sp³-hybridized carbons (Fsp3) is 0.846. The fourth-order valence-electron chi connectivity index (χ4n) is 3.00. The van der Waals surface area contributed by atoms with Crippen molar-refractivity contribution in [3.63, 3.8) is 0 Å². The molecular formula is C13H22N2O3. The van der Waals surface area contributed by atoms with Crippen molar-refractivity contribution in [1.82, 2.24) is 4.90 Å². The lowest BCUT2D eigenvalue weighted by Crippen LogP contribution is -2.46. The van der Waals surface area contributed by atoms with Gasteiger partial charge in [0.2, 0.25) is 5.91 Å². The molecule has 18 heavy (non-hydrogen) atoms. The Balaban J connectivity index is 1.97. The summed E-state index contributed by atoms with van der Waals surface area (Å²) in [4.78, 5) is 25.6. The van der Waals surface area contributed by atoms with Crippen LogP contribution < -0.4 is 5.73 Å². The van der Waals surface area contributed by atoms with Crippen molar-refractivity contribution in [3.8, 4) is 0 Å². The number of amides is 1. The van der Waals surface area contributed by atoms with Gasteiger partial charge in [-0.25, -0.2) is 4.79 Å². The van der Waals surface area contributed by atoms with Gasteiger partial charge in [-0.15, -0.1) is 0 Å². The zero-order valence-corrected chi connectivity index (χ0v) is 11.0. The minimum atomic E-state index is -0.377. The van der Waals surface area contributed by atoms with Crippen LogP contribution in [0.25, 0.3) is 0 Å². The second-order valence-corrected chi connectivity index (χ2v) is 5.50. The zero-order valence-electron chi connectivity index (χ0n) is 11.0. The van der Waals surface area contributed by atoms with Gasteiger partial charge in [0, 0.05) is 13.0 Å². The van der Waals surface area contributed by atoms with Gasteiger partial charge in [-0.05, 0) is 37.6 Å². The third-order valence-electron chi connectivity index (χ3n) is 4.42. The van der Waals surface area contributed by atoms with Crippen LogP contribution in [0.3, 0.4) is 0 Å². The van der Waals surface area contributed by atoms with E-state index in [1.165, 1.54) is 7.11 Å². The lowest BCUT2D eigenvalue weighted by atomic mass is 9.66. The first-order valence-corrected chi connectivity index (χ1v) is 6.69. The Morgan fingerprint density at radius 2 is 2.11 bits per heavy atom. The van der Waals surface area contributed by atoms with Crippen molar-refractivity contribution < 1.29 is 14.3 Å². The highest BCUT2D eigenvalue weighted by Gasteiger charge is 2.42. The fourth-order valence-corrected chi connectivity index (χ4v) is 3.00. The molecule has 102 valence electrons. The van der Waals surface area contributed by atoms with E-state index in [1.807, 2.05) is 0 Å². The predicted molar refractivity (Wildman–Crippen MR) is 66.7 cm³/mol. The first kappa shape index (κ1) is 13.3. The molecular weight excluding hydrogens is 232 g/mol. The highest BCUT2D eigenvalue weighted by atomic mass is 16.5. The summed E-state index contributed by atoms with van der Waals surface area (Å²) in [7, 11) is 1.37. The summed E-state index contributed by atoms with van der Waals surface area (Å²) in [6.45, 7) is 1.23. The van der Waals surface area contributed by atoms with Crippen LogP contribution in [0.15, 0.2) is 0 Å². The number of nitrogens with two attached hydrogens (primary N) is 1. The maximum Gasteiger partial charge on any atom is 0.328 e. The Hall–Kier alpha value is -1.10. The molecule has 0 aromatic heterocycles. The largest absolute Gasteiger partial charge is 0.467 e. The quantitative estimate of drug-likeness (QED) is 0.748. The van der Waals surface area contributed by atoms with Crippen molar-refractivity contribution >= 4 is 11.9 Å². The number of ether oxygens (including phenoxy) is 1. The van der Waals surface area contributed by atoms with Crippen LogP contribution in [0.4, 0.5) is 0 Å². The van der Waals surface area contributed by atoms with Crippen molar-refractivity contribution in [2.24, 2.45) is 11.1 Å². The van der Waals surface area contributed by atoms with Gasteiger partial charge < -0.3 is 15.4 Å². The summed E-state index contributed by atoms with van der Waals surface area (Å²) < 4.78 is 4.75. The number of likely N-dealkylation sites (tertiary alicyclic amines) is 1. The van der Waals surface area contributed by atoms with E-state index in [0.717, 1.165) is 25.7 Å².